The van der Waals surface area contributed by atoms with Gasteiger partial charge in [-0.3, -0.25) is 9.69 Å². The highest BCUT2D eigenvalue weighted by molar-refractivity contribution is 7.13. The van der Waals surface area contributed by atoms with Crippen LogP contribution in [0, 0.1) is 0 Å². The van der Waals surface area contributed by atoms with Crippen LogP contribution in [0.25, 0.3) is 21.7 Å². The molecule has 0 atom stereocenters. The second-order valence-corrected chi connectivity index (χ2v) is 7.64. The Hall–Kier alpha value is -2.83. The SMILES string of the molecule is O=c1c(CN2CCc3nc(-c4cccs4)ncc3C2)coc2ccccc12. The van der Waals surface area contributed by atoms with Gasteiger partial charge in [0.15, 0.2) is 11.3 Å². The fourth-order valence-electron chi connectivity index (χ4n) is 3.50. The Bertz CT molecular complexity index is 1170. The largest absolute Gasteiger partial charge is 0.464 e. The minimum Gasteiger partial charge on any atom is -0.464 e. The zero-order valence-corrected chi connectivity index (χ0v) is 15.4. The molecule has 1 aliphatic heterocycles. The van der Waals surface area contributed by atoms with Crippen molar-refractivity contribution >= 4 is 22.3 Å². The van der Waals surface area contributed by atoms with Gasteiger partial charge < -0.3 is 4.42 Å². The van der Waals surface area contributed by atoms with E-state index in [0.717, 1.165) is 41.5 Å². The third kappa shape index (κ3) is 3.07. The number of aromatic nitrogens is 2. The third-order valence-corrected chi connectivity index (χ3v) is 5.77. The van der Waals surface area contributed by atoms with Gasteiger partial charge in [-0.1, -0.05) is 18.2 Å². The smallest absolute Gasteiger partial charge is 0.197 e. The average molecular weight is 375 g/mol. The van der Waals surface area contributed by atoms with Gasteiger partial charge in [0.25, 0.3) is 0 Å². The molecule has 5 rings (SSSR count). The van der Waals surface area contributed by atoms with E-state index in [2.05, 4.69) is 9.88 Å². The van der Waals surface area contributed by atoms with Crippen molar-refractivity contribution in [1.29, 1.82) is 0 Å². The maximum atomic E-state index is 12.7. The molecule has 3 aromatic heterocycles. The van der Waals surface area contributed by atoms with Crippen molar-refractivity contribution in [2.24, 2.45) is 0 Å². The van der Waals surface area contributed by atoms with Gasteiger partial charge in [-0.25, -0.2) is 9.97 Å². The van der Waals surface area contributed by atoms with Gasteiger partial charge in [0.1, 0.15) is 5.58 Å². The number of hydrogen-bond donors (Lipinski definition) is 0. The van der Waals surface area contributed by atoms with Gasteiger partial charge in [-0.2, -0.15) is 0 Å². The molecule has 4 aromatic rings. The number of para-hydroxylation sites is 1. The van der Waals surface area contributed by atoms with Crippen molar-refractivity contribution in [3.63, 3.8) is 0 Å². The van der Waals surface area contributed by atoms with E-state index in [4.69, 9.17) is 9.40 Å². The summed E-state index contributed by atoms with van der Waals surface area (Å²) in [7, 11) is 0. The molecular weight excluding hydrogens is 358 g/mol. The van der Waals surface area contributed by atoms with E-state index in [1.165, 1.54) is 0 Å². The second-order valence-electron chi connectivity index (χ2n) is 6.69. The molecule has 0 N–H and O–H groups in total. The van der Waals surface area contributed by atoms with E-state index in [0.29, 0.717) is 23.1 Å². The highest BCUT2D eigenvalue weighted by Gasteiger charge is 2.20. The number of benzene rings is 1. The van der Waals surface area contributed by atoms with Crippen LogP contribution in [0.2, 0.25) is 0 Å². The number of hydrogen-bond acceptors (Lipinski definition) is 6. The first-order chi connectivity index (χ1) is 13.3. The number of thiophene rings is 1. The van der Waals surface area contributed by atoms with E-state index >= 15 is 0 Å². The number of nitrogens with zero attached hydrogens (tertiary/aromatic N) is 3. The normalized spacial score (nSPS) is 14.4. The maximum absolute atomic E-state index is 12.7. The molecule has 27 heavy (non-hydrogen) atoms. The Balaban J connectivity index is 1.39. The first-order valence-electron chi connectivity index (χ1n) is 8.88. The molecule has 0 bridgehead atoms. The summed E-state index contributed by atoms with van der Waals surface area (Å²) in [6, 6.07) is 11.4. The van der Waals surface area contributed by atoms with Gasteiger partial charge in [-0.15, -0.1) is 11.3 Å². The summed E-state index contributed by atoms with van der Waals surface area (Å²) in [6.07, 6.45) is 4.37. The average Bonchev–Trinajstić information content (AvgIpc) is 3.25. The molecular formula is C21H17N3O2S. The minimum atomic E-state index is 0.0481. The molecule has 0 spiro atoms. The second kappa shape index (κ2) is 6.72. The van der Waals surface area contributed by atoms with E-state index in [1.54, 1.807) is 17.6 Å². The van der Waals surface area contributed by atoms with Crippen molar-refractivity contribution in [3.05, 3.63) is 81.3 Å². The highest BCUT2D eigenvalue weighted by Crippen LogP contribution is 2.24. The predicted molar refractivity (Wildman–Crippen MR) is 106 cm³/mol. The lowest BCUT2D eigenvalue weighted by Crippen LogP contribution is -2.32. The van der Waals surface area contributed by atoms with Crippen LogP contribution in [-0.4, -0.2) is 21.4 Å². The van der Waals surface area contributed by atoms with Gasteiger partial charge in [0.05, 0.1) is 22.2 Å². The monoisotopic (exact) mass is 375 g/mol. The Labute approximate surface area is 159 Å². The zero-order chi connectivity index (χ0) is 18.2. The summed E-state index contributed by atoms with van der Waals surface area (Å²) in [5.41, 5.74) is 3.60. The fraction of sp³-hybridized carbons (Fsp3) is 0.190. The molecule has 6 heteroatoms. The van der Waals surface area contributed by atoms with Crippen LogP contribution in [0.15, 0.2) is 63.4 Å². The molecule has 0 radical (unpaired) electrons. The van der Waals surface area contributed by atoms with Crippen molar-refractivity contribution in [2.45, 2.75) is 19.5 Å². The molecule has 0 unspecified atom stereocenters. The summed E-state index contributed by atoms with van der Waals surface area (Å²) in [5.74, 6) is 0.798. The summed E-state index contributed by atoms with van der Waals surface area (Å²) < 4.78 is 5.64. The van der Waals surface area contributed by atoms with Gasteiger partial charge >= 0.3 is 0 Å². The van der Waals surface area contributed by atoms with Gasteiger partial charge in [0.2, 0.25) is 0 Å². The quantitative estimate of drug-likeness (QED) is 0.544. The minimum absolute atomic E-state index is 0.0481. The summed E-state index contributed by atoms with van der Waals surface area (Å²) in [6.45, 7) is 2.17. The number of fused-ring (bicyclic) bond motifs is 2. The topological polar surface area (TPSA) is 59.2 Å². The van der Waals surface area contributed by atoms with Crippen LogP contribution >= 0.6 is 11.3 Å². The Morgan fingerprint density at radius 1 is 1.19 bits per heavy atom. The van der Waals surface area contributed by atoms with Crippen molar-refractivity contribution in [1.82, 2.24) is 14.9 Å². The molecule has 5 nitrogen and oxygen atoms in total. The molecule has 1 aliphatic rings. The molecule has 0 amide bonds. The van der Waals surface area contributed by atoms with E-state index in [-0.39, 0.29) is 5.43 Å². The maximum Gasteiger partial charge on any atom is 0.197 e. The Morgan fingerprint density at radius 3 is 3.00 bits per heavy atom. The van der Waals surface area contributed by atoms with Gasteiger partial charge in [0, 0.05) is 43.4 Å². The zero-order valence-electron chi connectivity index (χ0n) is 14.6. The van der Waals surface area contributed by atoms with Crippen LogP contribution in [0.3, 0.4) is 0 Å². The molecule has 1 aromatic carbocycles. The highest BCUT2D eigenvalue weighted by atomic mass is 32.1. The van der Waals surface area contributed by atoms with Crippen LogP contribution in [-0.2, 0) is 19.5 Å². The van der Waals surface area contributed by atoms with Crippen LogP contribution < -0.4 is 5.43 Å². The van der Waals surface area contributed by atoms with E-state index in [9.17, 15) is 4.79 Å². The standard InChI is InChI=1S/C21H17N3O2S/c25-20-15(13-26-18-5-2-1-4-16(18)20)12-24-8-7-17-14(11-24)10-22-21(23-17)19-6-3-9-27-19/h1-6,9-10,13H,7-8,11-12H2. The van der Waals surface area contributed by atoms with E-state index in [1.807, 2.05) is 48.0 Å². The van der Waals surface area contributed by atoms with Crippen molar-refractivity contribution in [2.75, 3.05) is 6.54 Å². The molecule has 0 fully saturated rings. The number of rotatable bonds is 3. The third-order valence-electron chi connectivity index (χ3n) is 4.90. The summed E-state index contributed by atoms with van der Waals surface area (Å²) >= 11 is 1.65. The lowest BCUT2D eigenvalue weighted by molar-refractivity contribution is 0.240. The molecule has 0 saturated carbocycles. The fourth-order valence-corrected chi connectivity index (χ4v) is 4.17. The van der Waals surface area contributed by atoms with Crippen molar-refractivity contribution in [3.8, 4) is 10.7 Å². The lowest BCUT2D eigenvalue weighted by Gasteiger charge is -2.27. The van der Waals surface area contributed by atoms with Crippen molar-refractivity contribution < 1.29 is 4.42 Å². The lowest BCUT2D eigenvalue weighted by atomic mass is 10.1. The summed E-state index contributed by atoms with van der Waals surface area (Å²) in [4.78, 5) is 25.3. The molecule has 0 saturated heterocycles. The van der Waals surface area contributed by atoms with Crippen LogP contribution in [0.5, 0.6) is 0 Å². The Kier molecular flexibility index (Phi) is 4.07. The van der Waals surface area contributed by atoms with Crippen LogP contribution in [0.4, 0.5) is 0 Å². The molecule has 4 heterocycles. The Morgan fingerprint density at radius 2 is 2.11 bits per heavy atom. The summed E-state index contributed by atoms with van der Waals surface area (Å²) in [5, 5.41) is 2.67. The van der Waals surface area contributed by atoms with Crippen LogP contribution in [0.1, 0.15) is 16.8 Å². The molecule has 134 valence electrons. The molecule has 0 aliphatic carbocycles. The first-order valence-corrected chi connectivity index (χ1v) is 9.76. The first kappa shape index (κ1) is 16.4. The van der Waals surface area contributed by atoms with Gasteiger partial charge in [-0.05, 0) is 23.6 Å². The predicted octanol–water partition coefficient (Wildman–Crippen LogP) is 3.87. The van der Waals surface area contributed by atoms with E-state index < -0.39 is 0 Å².